The summed E-state index contributed by atoms with van der Waals surface area (Å²) in [7, 11) is 0. The third-order valence-corrected chi connectivity index (χ3v) is 1.22. The van der Waals surface area contributed by atoms with Gasteiger partial charge in [0.15, 0.2) is 0 Å². The monoisotopic (exact) mass is 99.1 g/mol. The van der Waals surface area contributed by atoms with Crippen LogP contribution in [0.2, 0.25) is 0 Å². The molecule has 2 heteroatoms. The summed E-state index contributed by atoms with van der Waals surface area (Å²) in [4.78, 5) is 0. The molecule has 0 spiro atoms. The molecule has 1 atom stereocenters. The number of hydrogen-bond acceptors (Lipinski definition) is 2. The molecule has 1 radical (unpaired) electrons. The van der Waals surface area contributed by atoms with E-state index in [0.717, 1.165) is 19.4 Å². The van der Waals surface area contributed by atoms with E-state index in [-0.39, 0.29) is 0 Å². The van der Waals surface area contributed by atoms with Crippen molar-refractivity contribution in [3.8, 4) is 0 Å². The molecule has 1 saturated heterocycles. The number of nitrogens with one attached hydrogen (secondary N) is 1. The number of hydrogen-bond donors (Lipinski definition) is 2. The van der Waals surface area contributed by atoms with Crippen LogP contribution in [-0.2, 0) is 0 Å². The predicted molar refractivity (Wildman–Crippen MR) is 29.5 cm³/mol. The quantitative estimate of drug-likeness (QED) is 0.443. The first-order valence-corrected chi connectivity index (χ1v) is 2.70. The van der Waals surface area contributed by atoms with Gasteiger partial charge >= 0.3 is 0 Å². The van der Waals surface area contributed by atoms with Crippen LogP contribution in [0.4, 0.5) is 0 Å². The Morgan fingerprint density at radius 2 is 2.57 bits per heavy atom. The molecule has 7 heavy (non-hydrogen) atoms. The van der Waals surface area contributed by atoms with Crippen LogP contribution in [0.15, 0.2) is 0 Å². The first kappa shape index (κ1) is 5.06. The molecular formula is C5H11N2. The highest BCUT2D eigenvalue weighted by atomic mass is 14.9. The Labute approximate surface area is 44.1 Å². The van der Waals surface area contributed by atoms with E-state index in [0.29, 0.717) is 6.04 Å². The highest BCUT2D eigenvalue weighted by Crippen LogP contribution is 1.99. The molecule has 0 amide bonds. The van der Waals surface area contributed by atoms with Gasteiger partial charge in [-0.25, -0.2) is 0 Å². The fourth-order valence-corrected chi connectivity index (χ4v) is 0.723. The lowest BCUT2D eigenvalue weighted by Crippen LogP contribution is -2.32. The molecule has 1 unspecified atom stereocenters. The summed E-state index contributed by atoms with van der Waals surface area (Å²) in [5, 5.41) is 3.11. The molecule has 0 aromatic carbocycles. The summed E-state index contributed by atoms with van der Waals surface area (Å²) in [5.41, 5.74) is 5.56. The van der Waals surface area contributed by atoms with Gasteiger partial charge in [-0.15, -0.1) is 0 Å². The van der Waals surface area contributed by atoms with Gasteiger partial charge in [0.2, 0.25) is 0 Å². The molecule has 1 rings (SSSR count). The van der Waals surface area contributed by atoms with Crippen molar-refractivity contribution < 1.29 is 0 Å². The summed E-state index contributed by atoms with van der Waals surface area (Å²) >= 11 is 0. The van der Waals surface area contributed by atoms with Gasteiger partial charge in [-0.1, -0.05) is 0 Å². The Bertz CT molecular complexity index is 48.0. The third-order valence-electron chi connectivity index (χ3n) is 1.22. The summed E-state index contributed by atoms with van der Waals surface area (Å²) in [6.45, 7) is 3.09. The van der Waals surface area contributed by atoms with Gasteiger partial charge in [0.25, 0.3) is 0 Å². The average Bonchev–Trinajstić information content (AvgIpc) is 1.69. The molecule has 1 aliphatic rings. The molecule has 0 bridgehead atoms. The zero-order valence-electron chi connectivity index (χ0n) is 4.35. The second-order valence-electron chi connectivity index (χ2n) is 1.94. The van der Waals surface area contributed by atoms with Crippen molar-refractivity contribution in [1.29, 1.82) is 0 Å². The lowest BCUT2D eigenvalue weighted by Gasteiger charge is -2.16. The van der Waals surface area contributed by atoms with E-state index in [2.05, 4.69) is 5.32 Å². The van der Waals surface area contributed by atoms with Crippen LogP contribution in [0.3, 0.4) is 0 Å². The average molecular weight is 99.2 g/mol. The summed E-state index contributed by atoms with van der Waals surface area (Å²) < 4.78 is 0. The molecule has 0 aromatic rings. The fourth-order valence-electron chi connectivity index (χ4n) is 0.723. The Morgan fingerprint density at radius 3 is 2.86 bits per heavy atom. The lowest BCUT2D eigenvalue weighted by atomic mass is 10.1. The zero-order valence-corrected chi connectivity index (χ0v) is 4.35. The normalized spacial score (nSPS) is 25.3. The van der Waals surface area contributed by atoms with Gasteiger partial charge in [-0.2, -0.15) is 0 Å². The maximum Gasteiger partial charge on any atom is 0.0236 e. The van der Waals surface area contributed by atoms with Crippen LogP contribution in [0, 0.1) is 6.54 Å². The first-order valence-electron chi connectivity index (χ1n) is 2.70. The van der Waals surface area contributed by atoms with Crippen LogP contribution in [0.5, 0.6) is 0 Å². The maximum atomic E-state index is 5.56. The van der Waals surface area contributed by atoms with E-state index in [4.69, 9.17) is 5.73 Å². The predicted octanol–water partition coefficient (Wildman–Crippen LogP) is -0.141. The third kappa shape index (κ3) is 1.45. The van der Waals surface area contributed by atoms with Gasteiger partial charge in [-0.05, 0) is 19.4 Å². The molecular weight excluding hydrogens is 88.1 g/mol. The van der Waals surface area contributed by atoms with Crippen molar-refractivity contribution in [2.75, 3.05) is 6.54 Å². The van der Waals surface area contributed by atoms with Crippen molar-refractivity contribution in [2.24, 2.45) is 5.73 Å². The number of nitrogens with two attached hydrogens (primary N) is 1. The molecule has 1 fully saturated rings. The Hall–Kier alpha value is -0.0800. The molecule has 1 aliphatic heterocycles. The Balaban J connectivity index is 2.12. The van der Waals surface area contributed by atoms with Gasteiger partial charge in [-0.3, -0.25) is 0 Å². The molecule has 3 N–H and O–H groups in total. The van der Waals surface area contributed by atoms with E-state index in [1.807, 2.05) is 6.54 Å². The van der Waals surface area contributed by atoms with Crippen molar-refractivity contribution in [1.82, 2.24) is 5.32 Å². The van der Waals surface area contributed by atoms with E-state index in [1.165, 1.54) is 0 Å². The summed E-state index contributed by atoms with van der Waals surface area (Å²) in [5.74, 6) is 0. The highest BCUT2D eigenvalue weighted by molar-refractivity contribution is 4.77. The Morgan fingerprint density at radius 1 is 1.71 bits per heavy atom. The van der Waals surface area contributed by atoms with Crippen LogP contribution >= 0.6 is 0 Å². The Kier molecular flexibility index (Phi) is 1.65. The molecule has 0 saturated carbocycles. The number of rotatable bonds is 0. The molecule has 0 aromatic heterocycles. The maximum absolute atomic E-state index is 5.56. The number of piperidine rings is 1. The lowest BCUT2D eigenvalue weighted by molar-refractivity contribution is 0.506. The van der Waals surface area contributed by atoms with Gasteiger partial charge < -0.3 is 11.1 Å². The molecule has 0 aliphatic carbocycles. The fraction of sp³-hybridized carbons (Fsp3) is 0.800. The van der Waals surface area contributed by atoms with E-state index >= 15 is 0 Å². The largest absolute Gasteiger partial charge is 0.328 e. The second-order valence-corrected chi connectivity index (χ2v) is 1.94. The smallest absolute Gasteiger partial charge is 0.0236 e. The van der Waals surface area contributed by atoms with E-state index < -0.39 is 0 Å². The van der Waals surface area contributed by atoms with E-state index in [9.17, 15) is 0 Å². The van der Waals surface area contributed by atoms with Crippen LogP contribution < -0.4 is 11.1 Å². The minimum atomic E-state index is 0.418. The molecule has 2 nitrogen and oxygen atoms in total. The van der Waals surface area contributed by atoms with Crippen molar-refractivity contribution in [2.45, 2.75) is 18.9 Å². The minimum Gasteiger partial charge on any atom is -0.328 e. The second kappa shape index (κ2) is 2.28. The standard InChI is InChI=1S/C5H11N2/c6-5-1-3-7-4-2-5/h3,5,7H,1-2,4,6H2. The van der Waals surface area contributed by atoms with Crippen molar-refractivity contribution in [3.05, 3.63) is 6.54 Å². The van der Waals surface area contributed by atoms with Crippen molar-refractivity contribution >= 4 is 0 Å². The molecule has 41 valence electrons. The van der Waals surface area contributed by atoms with Gasteiger partial charge in [0.05, 0.1) is 0 Å². The van der Waals surface area contributed by atoms with Crippen LogP contribution in [-0.4, -0.2) is 12.6 Å². The summed E-state index contributed by atoms with van der Waals surface area (Å²) in [6.07, 6.45) is 2.15. The first-order chi connectivity index (χ1) is 3.39. The minimum absolute atomic E-state index is 0.418. The highest BCUT2D eigenvalue weighted by Gasteiger charge is 2.05. The molecule has 1 heterocycles. The van der Waals surface area contributed by atoms with Crippen LogP contribution in [0.1, 0.15) is 12.8 Å². The topological polar surface area (TPSA) is 38.0 Å². The SMILES string of the molecule is NC1C[CH]NCC1. The zero-order chi connectivity index (χ0) is 5.11. The van der Waals surface area contributed by atoms with Crippen molar-refractivity contribution in [3.63, 3.8) is 0 Å². The van der Waals surface area contributed by atoms with Gasteiger partial charge in [0.1, 0.15) is 0 Å². The van der Waals surface area contributed by atoms with Crippen LogP contribution in [0.25, 0.3) is 0 Å². The van der Waals surface area contributed by atoms with E-state index in [1.54, 1.807) is 0 Å². The van der Waals surface area contributed by atoms with Gasteiger partial charge in [0, 0.05) is 12.6 Å². The summed E-state index contributed by atoms with van der Waals surface area (Å²) in [6, 6.07) is 0.418.